The highest BCUT2D eigenvalue weighted by molar-refractivity contribution is 6.42. The third-order valence-electron chi connectivity index (χ3n) is 6.30. The van der Waals surface area contributed by atoms with Crippen LogP contribution >= 0.6 is 23.2 Å². The summed E-state index contributed by atoms with van der Waals surface area (Å²) in [7, 11) is 0. The van der Waals surface area contributed by atoms with Crippen molar-refractivity contribution in [1.29, 1.82) is 0 Å². The lowest BCUT2D eigenvalue weighted by Crippen LogP contribution is -2.38. The van der Waals surface area contributed by atoms with Crippen LogP contribution in [0.3, 0.4) is 0 Å². The standard InChI is InChI=1S/C29H25Cl2FN2O4/c1-3-38-29(37)27-17(2)34(26(35)15-23(27)19-7-12-24(30)25(31)14-19)16-18-5-4-6-20(13-18)28(36)33-22-10-8-21(32)9-11-22/h4-14,23H,3,15-16H2,1-2H3,(H,33,36). The molecule has 0 radical (unpaired) electrons. The van der Waals surface area contributed by atoms with E-state index in [2.05, 4.69) is 5.32 Å². The second-order valence-electron chi connectivity index (χ2n) is 8.79. The van der Waals surface area contributed by atoms with Gasteiger partial charge >= 0.3 is 5.97 Å². The van der Waals surface area contributed by atoms with E-state index in [1.807, 2.05) is 0 Å². The molecule has 4 rings (SSSR count). The van der Waals surface area contributed by atoms with Crippen molar-refractivity contribution >= 4 is 46.7 Å². The van der Waals surface area contributed by atoms with Gasteiger partial charge in [0.05, 0.1) is 28.8 Å². The van der Waals surface area contributed by atoms with E-state index >= 15 is 0 Å². The van der Waals surface area contributed by atoms with Gasteiger partial charge in [0.15, 0.2) is 0 Å². The number of amides is 2. The summed E-state index contributed by atoms with van der Waals surface area (Å²) in [5.41, 5.74) is 3.05. The molecule has 3 aromatic carbocycles. The second kappa shape index (κ2) is 11.8. The van der Waals surface area contributed by atoms with E-state index in [0.29, 0.717) is 43.7 Å². The van der Waals surface area contributed by atoms with Crippen molar-refractivity contribution < 1.29 is 23.5 Å². The summed E-state index contributed by atoms with van der Waals surface area (Å²) in [5, 5.41) is 3.43. The highest BCUT2D eigenvalue weighted by atomic mass is 35.5. The molecule has 1 N–H and O–H groups in total. The number of esters is 1. The van der Waals surface area contributed by atoms with Gasteiger partial charge in [0.25, 0.3) is 5.91 Å². The molecule has 3 aromatic rings. The van der Waals surface area contributed by atoms with Gasteiger partial charge in [-0.15, -0.1) is 0 Å². The summed E-state index contributed by atoms with van der Waals surface area (Å²) >= 11 is 12.3. The minimum atomic E-state index is -0.541. The van der Waals surface area contributed by atoms with E-state index in [4.69, 9.17) is 27.9 Å². The van der Waals surface area contributed by atoms with Gasteiger partial charge in [0.1, 0.15) is 5.82 Å². The van der Waals surface area contributed by atoms with Gasteiger partial charge in [0.2, 0.25) is 5.91 Å². The maximum absolute atomic E-state index is 13.3. The summed E-state index contributed by atoms with van der Waals surface area (Å²) in [4.78, 5) is 40.6. The first-order chi connectivity index (χ1) is 18.2. The van der Waals surface area contributed by atoms with E-state index in [1.54, 1.807) is 56.3 Å². The van der Waals surface area contributed by atoms with Gasteiger partial charge < -0.3 is 15.0 Å². The van der Waals surface area contributed by atoms with Crippen molar-refractivity contribution in [1.82, 2.24) is 4.90 Å². The van der Waals surface area contributed by atoms with Crippen LogP contribution < -0.4 is 5.32 Å². The number of carbonyl (C=O) groups is 3. The molecule has 9 heteroatoms. The maximum Gasteiger partial charge on any atom is 0.336 e. The maximum atomic E-state index is 13.3. The van der Waals surface area contributed by atoms with E-state index < -0.39 is 17.7 Å². The third kappa shape index (κ3) is 6.06. The number of allylic oxidation sites excluding steroid dienone is 1. The van der Waals surface area contributed by atoms with Crippen molar-refractivity contribution in [2.75, 3.05) is 11.9 Å². The molecule has 1 heterocycles. The molecule has 1 aliphatic rings. The van der Waals surface area contributed by atoms with E-state index in [-0.39, 0.29) is 31.4 Å². The fraction of sp³-hybridized carbons (Fsp3) is 0.207. The second-order valence-corrected chi connectivity index (χ2v) is 9.61. The Morgan fingerprint density at radius 2 is 1.79 bits per heavy atom. The molecule has 1 unspecified atom stereocenters. The Hall–Kier alpha value is -3.68. The molecule has 0 spiro atoms. The molecule has 1 atom stereocenters. The van der Waals surface area contributed by atoms with E-state index in [9.17, 15) is 18.8 Å². The Balaban J connectivity index is 1.62. The molecule has 196 valence electrons. The average molecular weight is 555 g/mol. The van der Waals surface area contributed by atoms with Crippen molar-refractivity contribution in [3.05, 3.63) is 111 Å². The summed E-state index contributed by atoms with van der Waals surface area (Å²) in [5.74, 6) is -2.01. The molecular weight excluding hydrogens is 530 g/mol. The molecule has 6 nitrogen and oxygen atoms in total. The number of hydrogen-bond acceptors (Lipinski definition) is 4. The Kier molecular flexibility index (Phi) is 8.49. The zero-order valence-electron chi connectivity index (χ0n) is 20.8. The summed E-state index contributed by atoms with van der Waals surface area (Å²) in [6, 6.07) is 17.3. The summed E-state index contributed by atoms with van der Waals surface area (Å²) in [6.07, 6.45) is 0.0359. The monoisotopic (exact) mass is 554 g/mol. The highest BCUT2D eigenvalue weighted by Gasteiger charge is 2.37. The highest BCUT2D eigenvalue weighted by Crippen LogP contribution is 2.39. The zero-order chi connectivity index (χ0) is 27.4. The minimum Gasteiger partial charge on any atom is -0.463 e. The number of rotatable bonds is 7. The number of ether oxygens (including phenoxy) is 1. The Labute approximate surface area is 230 Å². The van der Waals surface area contributed by atoms with E-state index in [1.165, 1.54) is 29.2 Å². The summed E-state index contributed by atoms with van der Waals surface area (Å²) < 4.78 is 18.5. The Morgan fingerprint density at radius 1 is 1.05 bits per heavy atom. The molecule has 0 aromatic heterocycles. The molecule has 0 bridgehead atoms. The van der Waals surface area contributed by atoms with Gasteiger partial charge in [-0.1, -0.05) is 41.4 Å². The van der Waals surface area contributed by atoms with Gasteiger partial charge in [-0.25, -0.2) is 9.18 Å². The Bertz CT molecular complexity index is 1420. The number of hydrogen-bond donors (Lipinski definition) is 1. The fourth-order valence-corrected chi connectivity index (χ4v) is 4.73. The first-order valence-corrected chi connectivity index (χ1v) is 12.7. The van der Waals surface area contributed by atoms with Gasteiger partial charge in [0, 0.05) is 29.3 Å². The predicted molar refractivity (Wildman–Crippen MR) is 144 cm³/mol. The summed E-state index contributed by atoms with van der Waals surface area (Å²) in [6.45, 7) is 3.76. The van der Waals surface area contributed by atoms with Crippen molar-refractivity contribution in [3.8, 4) is 0 Å². The van der Waals surface area contributed by atoms with Crippen LogP contribution in [-0.4, -0.2) is 29.3 Å². The van der Waals surface area contributed by atoms with Crippen LogP contribution in [0.5, 0.6) is 0 Å². The number of anilines is 1. The van der Waals surface area contributed by atoms with Gasteiger partial charge in [-0.3, -0.25) is 9.59 Å². The number of carbonyl (C=O) groups excluding carboxylic acids is 3. The van der Waals surface area contributed by atoms with Gasteiger partial charge in [-0.05, 0) is 73.5 Å². The molecular formula is C29H25Cl2FN2O4. The number of nitrogens with one attached hydrogen (secondary N) is 1. The Morgan fingerprint density at radius 3 is 2.47 bits per heavy atom. The third-order valence-corrected chi connectivity index (χ3v) is 7.04. The number of nitrogens with zero attached hydrogens (tertiary/aromatic N) is 1. The van der Waals surface area contributed by atoms with Crippen LogP contribution in [0.25, 0.3) is 0 Å². The SMILES string of the molecule is CCOC(=O)C1=C(C)N(Cc2cccc(C(=O)Nc3ccc(F)cc3)c2)C(=O)CC1c1ccc(Cl)c(Cl)c1. The number of benzene rings is 3. The largest absolute Gasteiger partial charge is 0.463 e. The lowest BCUT2D eigenvalue weighted by molar-refractivity contribution is -0.140. The molecule has 38 heavy (non-hydrogen) atoms. The van der Waals surface area contributed by atoms with Crippen LogP contribution in [0.1, 0.15) is 47.7 Å². The first-order valence-electron chi connectivity index (χ1n) is 12.0. The molecule has 0 saturated carbocycles. The lowest BCUT2D eigenvalue weighted by atomic mass is 9.83. The zero-order valence-corrected chi connectivity index (χ0v) is 22.3. The van der Waals surface area contributed by atoms with Crippen LogP contribution in [0, 0.1) is 5.82 Å². The number of halogens is 3. The quantitative estimate of drug-likeness (QED) is 0.328. The topological polar surface area (TPSA) is 75.7 Å². The molecule has 0 saturated heterocycles. The van der Waals surface area contributed by atoms with Crippen LogP contribution in [0.15, 0.2) is 78.0 Å². The smallest absolute Gasteiger partial charge is 0.336 e. The van der Waals surface area contributed by atoms with Crippen molar-refractivity contribution in [2.24, 2.45) is 0 Å². The normalized spacial score (nSPS) is 15.4. The predicted octanol–water partition coefficient (Wildman–Crippen LogP) is 6.74. The molecule has 2 amide bonds. The molecule has 0 aliphatic carbocycles. The average Bonchev–Trinajstić information content (AvgIpc) is 2.89. The molecule has 0 fully saturated rings. The minimum absolute atomic E-state index is 0.0359. The van der Waals surface area contributed by atoms with Crippen LogP contribution in [0.2, 0.25) is 10.0 Å². The van der Waals surface area contributed by atoms with Crippen molar-refractivity contribution in [3.63, 3.8) is 0 Å². The van der Waals surface area contributed by atoms with Crippen molar-refractivity contribution in [2.45, 2.75) is 32.7 Å². The van der Waals surface area contributed by atoms with Crippen LogP contribution in [-0.2, 0) is 20.9 Å². The first kappa shape index (κ1) is 27.4. The van der Waals surface area contributed by atoms with E-state index in [0.717, 1.165) is 0 Å². The molecule has 1 aliphatic heterocycles. The fourth-order valence-electron chi connectivity index (χ4n) is 4.42. The van der Waals surface area contributed by atoms with Crippen LogP contribution in [0.4, 0.5) is 10.1 Å². The van der Waals surface area contributed by atoms with Gasteiger partial charge in [-0.2, -0.15) is 0 Å². The lowest BCUT2D eigenvalue weighted by Gasteiger charge is -2.34.